The molecular formula is C15H16O7. The van der Waals surface area contributed by atoms with E-state index >= 15 is 0 Å². The van der Waals surface area contributed by atoms with Crippen molar-refractivity contribution in [2.45, 2.75) is 20.8 Å². The van der Waals surface area contributed by atoms with Crippen molar-refractivity contribution in [1.29, 1.82) is 0 Å². The summed E-state index contributed by atoms with van der Waals surface area (Å²) in [7, 11) is 0. The Balaban J connectivity index is 3.03. The Kier molecular flexibility index (Phi) is 3.37. The van der Waals surface area contributed by atoms with Crippen LogP contribution >= 0.6 is 0 Å². The lowest BCUT2D eigenvalue weighted by atomic mass is 9.92. The quantitative estimate of drug-likeness (QED) is 0.316. The van der Waals surface area contributed by atoms with E-state index in [1.807, 2.05) is 0 Å². The fraction of sp³-hybridized carbons (Fsp3) is 0.200. The zero-order valence-corrected chi connectivity index (χ0v) is 12.1. The Morgan fingerprint density at radius 3 is 1.09 bits per heavy atom. The van der Waals surface area contributed by atoms with Crippen LogP contribution in [0.15, 0.2) is 0 Å². The molecule has 118 valence electrons. The van der Waals surface area contributed by atoms with Gasteiger partial charge in [0.25, 0.3) is 0 Å². The molecule has 0 amide bonds. The van der Waals surface area contributed by atoms with Crippen LogP contribution in [0, 0.1) is 20.8 Å². The third-order valence-corrected chi connectivity index (χ3v) is 3.78. The molecule has 0 aliphatic rings. The molecule has 0 unspecified atom stereocenters. The van der Waals surface area contributed by atoms with E-state index in [1.54, 1.807) is 0 Å². The van der Waals surface area contributed by atoms with Crippen LogP contribution in [0.5, 0.6) is 40.2 Å². The highest BCUT2D eigenvalue weighted by Crippen LogP contribution is 2.56. The van der Waals surface area contributed by atoms with Crippen LogP contribution in [0.2, 0.25) is 0 Å². The molecule has 2 aromatic carbocycles. The minimum Gasteiger partial charge on any atom is -0.507 e. The van der Waals surface area contributed by atoms with Crippen molar-refractivity contribution in [3.8, 4) is 51.4 Å². The van der Waals surface area contributed by atoms with E-state index < -0.39 is 40.1 Å². The average Bonchev–Trinajstić information content (AvgIpc) is 2.50. The summed E-state index contributed by atoms with van der Waals surface area (Å²) in [5.74, 6) is -4.68. The van der Waals surface area contributed by atoms with Gasteiger partial charge >= 0.3 is 0 Å². The first-order chi connectivity index (χ1) is 10.1. The molecule has 7 nitrogen and oxygen atoms in total. The molecule has 0 bridgehead atoms. The van der Waals surface area contributed by atoms with Crippen molar-refractivity contribution in [3.05, 3.63) is 16.7 Å². The molecule has 0 aliphatic heterocycles. The Labute approximate surface area is 125 Å². The summed E-state index contributed by atoms with van der Waals surface area (Å²) in [5, 5.41) is 69.6. The van der Waals surface area contributed by atoms with Crippen molar-refractivity contribution in [2.24, 2.45) is 0 Å². The van der Waals surface area contributed by atoms with Gasteiger partial charge in [-0.15, -0.1) is 0 Å². The molecule has 0 heterocycles. The lowest BCUT2D eigenvalue weighted by Crippen LogP contribution is -1.93. The molecule has 2 aromatic rings. The summed E-state index contributed by atoms with van der Waals surface area (Å²) < 4.78 is 0. The summed E-state index contributed by atoms with van der Waals surface area (Å²) in [6.45, 7) is 4.01. The Morgan fingerprint density at radius 1 is 0.364 bits per heavy atom. The highest BCUT2D eigenvalue weighted by Gasteiger charge is 2.28. The topological polar surface area (TPSA) is 142 Å². The van der Waals surface area contributed by atoms with Crippen LogP contribution in [0.1, 0.15) is 16.7 Å². The van der Waals surface area contributed by atoms with Crippen LogP contribution in [0.25, 0.3) is 11.1 Å². The second-order valence-electron chi connectivity index (χ2n) is 5.07. The van der Waals surface area contributed by atoms with Gasteiger partial charge in [0.05, 0.1) is 5.56 Å². The summed E-state index contributed by atoms with van der Waals surface area (Å²) in [6, 6.07) is 0. The van der Waals surface area contributed by atoms with Crippen LogP contribution in [0.3, 0.4) is 0 Å². The van der Waals surface area contributed by atoms with E-state index in [-0.39, 0.29) is 28.0 Å². The van der Waals surface area contributed by atoms with Gasteiger partial charge in [-0.25, -0.2) is 0 Å². The van der Waals surface area contributed by atoms with E-state index in [9.17, 15) is 35.7 Å². The smallest absolute Gasteiger partial charge is 0.169 e. The maximum absolute atomic E-state index is 10.1. The number of benzene rings is 2. The monoisotopic (exact) mass is 308 g/mol. The lowest BCUT2D eigenvalue weighted by molar-refractivity contribution is 0.368. The standard InChI is InChI=1S/C15H16O7/c1-4-7(13(20)10(17)5(2)9(4)16)8-14(21)11(18)6(3)12(19)15(8)22/h16-22H,1-3H3. The molecule has 0 radical (unpaired) electrons. The third-order valence-electron chi connectivity index (χ3n) is 3.78. The first-order valence-corrected chi connectivity index (χ1v) is 6.32. The molecule has 7 N–H and O–H groups in total. The number of hydrogen-bond donors (Lipinski definition) is 7. The van der Waals surface area contributed by atoms with Crippen molar-refractivity contribution in [1.82, 2.24) is 0 Å². The molecule has 0 aromatic heterocycles. The van der Waals surface area contributed by atoms with Crippen molar-refractivity contribution >= 4 is 0 Å². The van der Waals surface area contributed by atoms with Crippen LogP contribution in [-0.2, 0) is 0 Å². The molecule has 0 spiro atoms. The fourth-order valence-electron chi connectivity index (χ4n) is 2.34. The predicted octanol–water partition coefficient (Wildman–Crippen LogP) is 2.22. The van der Waals surface area contributed by atoms with Gasteiger partial charge in [-0.05, 0) is 20.8 Å². The van der Waals surface area contributed by atoms with E-state index in [4.69, 9.17) is 0 Å². The van der Waals surface area contributed by atoms with Gasteiger partial charge in [0, 0.05) is 22.3 Å². The predicted molar refractivity (Wildman–Crippen MR) is 77.7 cm³/mol. The first kappa shape index (κ1) is 15.4. The molecule has 2 rings (SSSR count). The van der Waals surface area contributed by atoms with E-state index in [1.165, 1.54) is 20.8 Å². The minimum absolute atomic E-state index is 0.0123. The molecular weight excluding hydrogens is 292 g/mol. The van der Waals surface area contributed by atoms with Gasteiger partial charge in [-0.2, -0.15) is 0 Å². The normalized spacial score (nSPS) is 10.9. The first-order valence-electron chi connectivity index (χ1n) is 6.32. The zero-order valence-electron chi connectivity index (χ0n) is 12.1. The molecule has 0 aliphatic carbocycles. The number of hydrogen-bond acceptors (Lipinski definition) is 7. The fourth-order valence-corrected chi connectivity index (χ4v) is 2.34. The van der Waals surface area contributed by atoms with Gasteiger partial charge in [0.2, 0.25) is 0 Å². The third kappa shape index (κ3) is 1.82. The van der Waals surface area contributed by atoms with Crippen molar-refractivity contribution < 1.29 is 35.7 Å². The molecule has 22 heavy (non-hydrogen) atoms. The molecule has 0 saturated heterocycles. The number of rotatable bonds is 1. The average molecular weight is 308 g/mol. The van der Waals surface area contributed by atoms with Crippen molar-refractivity contribution in [3.63, 3.8) is 0 Å². The highest BCUT2D eigenvalue weighted by atomic mass is 16.3. The van der Waals surface area contributed by atoms with Crippen LogP contribution < -0.4 is 0 Å². The zero-order chi connectivity index (χ0) is 16.9. The highest BCUT2D eigenvalue weighted by molar-refractivity contribution is 5.90. The second kappa shape index (κ2) is 4.80. The maximum atomic E-state index is 10.1. The van der Waals surface area contributed by atoms with Crippen molar-refractivity contribution in [2.75, 3.05) is 0 Å². The van der Waals surface area contributed by atoms with E-state index in [2.05, 4.69) is 0 Å². The van der Waals surface area contributed by atoms with Crippen LogP contribution in [0.4, 0.5) is 0 Å². The SMILES string of the molecule is Cc1c(O)c(C)c(-c2c(O)c(O)c(C)c(O)c2O)c(O)c1O. The van der Waals surface area contributed by atoms with Crippen LogP contribution in [-0.4, -0.2) is 35.7 Å². The second-order valence-corrected chi connectivity index (χ2v) is 5.07. The summed E-state index contributed by atoms with van der Waals surface area (Å²) >= 11 is 0. The summed E-state index contributed by atoms with van der Waals surface area (Å²) in [6.07, 6.45) is 0. The molecule has 0 fully saturated rings. The van der Waals surface area contributed by atoms with Gasteiger partial charge in [0.15, 0.2) is 34.5 Å². The van der Waals surface area contributed by atoms with E-state index in [0.717, 1.165) is 0 Å². The van der Waals surface area contributed by atoms with Gasteiger partial charge in [0.1, 0.15) is 5.75 Å². The van der Waals surface area contributed by atoms with Gasteiger partial charge in [-0.1, -0.05) is 0 Å². The number of phenols is 7. The summed E-state index contributed by atoms with van der Waals surface area (Å²) in [4.78, 5) is 0. The summed E-state index contributed by atoms with van der Waals surface area (Å²) in [5.41, 5.74) is -0.904. The van der Waals surface area contributed by atoms with Gasteiger partial charge < -0.3 is 35.7 Å². The number of aromatic hydroxyl groups is 7. The Bertz CT molecular complexity index is 668. The van der Waals surface area contributed by atoms with E-state index in [0.29, 0.717) is 0 Å². The minimum atomic E-state index is -0.797. The maximum Gasteiger partial charge on any atom is 0.169 e. The molecule has 0 saturated carbocycles. The molecule has 0 atom stereocenters. The lowest BCUT2D eigenvalue weighted by Gasteiger charge is -2.18. The largest absolute Gasteiger partial charge is 0.507 e. The van der Waals surface area contributed by atoms with Gasteiger partial charge in [-0.3, -0.25) is 0 Å². The Morgan fingerprint density at radius 2 is 0.682 bits per heavy atom. The molecule has 7 heteroatoms. The number of phenolic OH excluding ortho intramolecular Hbond substituents is 7. The Hall–Kier alpha value is -2.96.